The molecule has 1 saturated heterocycles. The molecule has 0 atom stereocenters. The normalized spacial score (nSPS) is 14.5. The maximum Gasteiger partial charge on any atom is 0.264 e. The maximum atomic E-state index is 12.9. The van der Waals surface area contributed by atoms with Crippen molar-refractivity contribution in [1.29, 1.82) is 0 Å². The number of anilines is 1. The molecular weight excluding hydrogens is 438 g/mol. The molecule has 2 aromatic carbocycles. The quantitative estimate of drug-likeness (QED) is 0.619. The van der Waals surface area contributed by atoms with E-state index in [1.54, 1.807) is 53.4 Å². The van der Waals surface area contributed by atoms with Crippen LogP contribution in [0.3, 0.4) is 0 Å². The molecule has 2 amide bonds. The lowest BCUT2D eigenvalue weighted by molar-refractivity contribution is -0.132. The second kappa shape index (κ2) is 10.4. The van der Waals surface area contributed by atoms with Crippen LogP contribution in [0.4, 0.5) is 5.69 Å². The monoisotopic (exact) mass is 471 g/mol. The van der Waals surface area contributed by atoms with Crippen molar-refractivity contribution in [2.45, 2.75) is 38.5 Å². The average molecular weight is 472 g/mol. The summed E-state index contributed by atoms with van der Waals surface area (Å²) in [5.74, 6) is 0.531. The molecule has 7 nitrogen and oxygen atoms in total. The van der Waals surface area contributed by atoms with E-state index in [0.717, 1.165) is 12.0 Å². The summed E-state index contributed by atoms with van der Waals surface area (Å²) in [6.07, 6.45) is 1.42. The Hall–Kier alpha value is -2.87. The highest BCUT2D eigenvalue weighted by molar-refractivity contribution is 7.92. The van der Waals surface area contributed by atoms with Crippen molar-refractivity contribution in [3.8, 4) is 0 Å². The number of rotatable bonds is 7. The van der Waals surface area contributed by atoms with Gasteiger partial charge < -0.3 is 9.80 Å². The van der Waals surface area contributed by atoms with Gasteiger partial charge in [-0.25, -0.2) is 8.42 Å². The van der Waals surface area contributed by atoms with Gasteiger partial charge in [0.05, 0.1) is 10.6 Å². The Balaban J connectivity index is 1.61. The molecule has 33 heavy (non-hydrogen) atoms. The highest BCUT2D eigenvalue weighted by Gasteiger charge is 2.25. The van der Waals surface area contributed by atoms with Crippen LogP contribution in [0.15, 0.2) is 53.4 Å². The van der Waals surface area contributed by atoms with E-state index in [0.29, 0.717) is 49.8 Å². The zero-order valence-corrected chi connectivity index (χ0v) is 20.6. The minimum absolute atomic E-state index is 0.111. The summed E-state index contributed by atoms with van der Waals surface area (Å²) in [6.45, 7) is 8.18. The zero-order chi connectivity index (χ0) is 24.2. The van der Waals surface area contributed by atoms with Crippen LogP contribution in [0.5, 0.6) is 0 Å². The first-order valence-electron chi connectivity index (χ1n) is 11.3. The maximum absolute atomic E-state index is 12.9. The number of aryl methyl sites for hydroxylation is 1. The van der Waals surface area contributed by atoms with Crippen LogP contribution in [0.2, 0.25) is 0 Å². The topological polar surface area (TPSA) is 78.0 Å². The summed E-state index contributed by atoms with van der Waals surface area (Å²) in [4.78, 5) is 29.0. The van der Waals surface area contributed by atoms with Gasteiger partial charge >= 0.3 is 0 Å². The molecule has 0 unspecified atom stereocenters. The van der Waals surface area contributed by atoms with Crippen LogP contribution >= 0.6 is 0 Å². The second-order valence-corrected chi connectivity index (χ2v) is 10.9. The number of carbonyl (C=O) groups is 2. The van der Waals surface area contributed by atoms with Crippen molar-refractivity contribution in [2.75, 3.05) is 37.5 Å². The summed E-state index contributed by atoms with van der Waals surface area (Å²) in [6, 6.07) is 13.3. The third-order valence-corrected chi connectivity index (χ3v) is 7.81. The van der Waals surface area contributed by atoms with E-state index >= 15 is 0 Å². The molecule has 8 heteroatoms. The largest absolute Gasteiger partial charge is 0.339 e. The third-order valence-electron chi connectivity index (χ3n) is 6.01. The van der Waals surface area contributed by atoms with Gasteiger partial charge in [0.2, 0.25) is 5.91 Å². The van der Waals surface area contributed by atoms with Crippen molar-refractivity contribution in [3.63, 3.8) is 0 Å². The van der Waals surface area contributed by atoms with Gasteiger partial charge in [-0.05, 0) is 55.7 Å². The van der Waals surface area contributed by atoms with Gasteiger partial charge in [-0.15, -0.1) is 0 Å². The molecule has 0 N–H and O–H groups in total. The van der Waals surface area contributed by atoms with Gasteiger partial charge in [-0.3, -0.25) is 13.9 Å². The minimum atomic E-state index is -3.69. The zero-order valence-electron chi connectivity index (χ0n) is 19.8. The predicted molar refractivity (Wildman–Crippen MR) is 130 cm³/mol. The van der Waals surface area contributed by atoms with E-state index in [1.165, 1.54) is 11.4 Å². The minimum Gasteiger partial charge on any atom is -0.339 e. The Labute approximate surface area is 197 Å². The molecule has 0 saturated carbocycles. The second-order valence-electron chi connectivity index (χ2n) is 8.94. The number of piperazine rings is 1. The standard InChI is InChI=1S/C25H33N3O4S/c1-19(2)5-14-24(29)27-15-17-28(18-16-27)25(30)21-8-10-22(11-9-21)26(4)33(31,32)23-12-6-20(3)7-13-23/h6-13,19H,5,14-18H2,1-4H3. The van der Waals surface area contributed by atoms with Crippen molar-refractivity contribution >= 4 is 27.5 Å². The predicted octanol–water partition coefficient (Wildman–Crippen LogP) is 3.54. The molecule has 0 radical (unpaired) electrons. The van der Waals surface area contributed by atoms with Crippen LogP contribution in [0.1, 0.15) is 42.6 Å². The third kappa shape index (κ3) is 5.93. The van der Waals surface area contributed by atoms with Crippen molar-refractivity contribution < 1.29 is 18.0 Å². The Kier molecular flexibility index (Phi) is 7.79. The molecule has 0 aromatic heterocycles. The SMILES string of the molecule is Cc1ccc(S(=O)(=O)N(C)c2ccc(C(=O)N3CCN(C(=O)CCC(C)C)CC3)cc2)cc1. The molecule has 2 aromatic rings. The average Bonchev–Trinajstić information content (AvgIpc) is 2.82. The number of nitrogens with zero attached hydrogens (tertiary/aromatic N) is 3. The number of carbonyl (C=O) groups excluding carboxylic acids is 2. The van der Waals surface area contributed by atoms with Crippen LogP contribution in [-0.4, -0.2) is 63.3 Å². The van der Waals surface area contributed by atoms with Crippen molar-refractivity contribution in [2.24, 2.45) is 5.92 Å². The number of hydrogen-bond donors (Lipinski definition) is 0. The van der Waals surface area contributed by atoms with E-state index in [4.69, 9.17) is 0 Å². The Bertz CT molecular complexity index is 1070. The van der Waals surface area contributed by atoms with E-state index in [2.05, 4.69) is 13.8 Å². The van der Waals surface area contributed by atoms with Gasteiger partial charge in [0.25, 0.3) is 15.9 Å². The van der Waals surface area contributed by atoms with E-state index < -0.39 is 10.0 Å². The first kappa shape index (κ1) is 24.8. The highest BCUT2D eigenvalue weighted by atomic mass is 32.2. The molecule has 3 rings (SSSR count). The highest BCUT2D eigenvalue weighted by Crippen LogP contribution is 2.23. The molecule has 0 bridgehead atoms. The Morgan fingerprint density at radius 3 is 2.00 bits per heavy atom. The van der Waals surface area contributed by atoms with Crippen LogP contribution in [0.25, 0.3) is 0 Å². The smallest absolute Gasteiger partial charge is 0.264 e. The Morgan fingerprint density at radius 1 is 0.909 bits per heavy atom. The molecule has 1 aliphatic rings. The number of hydrogen-bond acceptors (Lipinski definition) is 4. The van der Waals surface area contributed by atoms with Crippen molar-refractivity contribution in [1.82, 2.24) is 9.80 Å². The lowest BCUT2D eigenvalue weighted by Gasteiger charge is -2.35. The molecule has 178 valence electrons. The van der Waals surface area contributed by atoms with Crippen LogP contribution < -0.4 is 4.31 Å². The summed E-state index contributed by atoms with van der Waals surface area (Å²) in [5, 5.41) is 0. The number of benzene rings is 2. The fourth-order valence-electron chi connectivity index (χ4n) is 3.73. The molecular formula is C25H33N3O4S. The van der Waals surface area contributed by atoms with Gasteiger partial charge in [0, 0.05) is 45.2 Å². The Morgan fingerprint density at radius 2 is 1.45 bits per heavy atom. The van der Waals surface area contributed by atoms with Gasteiger partial charge in [-0.2, -0.15) is 0 Å². The summed E-state index contributed by atoms with van der Waals surface area (Å²) in [5.41, 5.74) is 1.97. The summed E-state index contributed by atoms with van der Waals surface area (Å²) >= 11 is 0. The van der Waals surface area contributed by atoms with E-state index in [9.17, 15) is 18.0 Å². The van der Waals surface area contributed by atoms with Gasteiger partial charge in [-0.1, -0.05) is 31.5 Å². The van der Waals surface area contributed by atoms with E-state index in [1.807, 2.05) is 11.8 Å². The van der Waals surface area contributed by atoms with Crippen molar-refractivity contribution in [3.05, 3.63) is 59.7 Å². The van der Waals surface area contributed by atoms with Crippen LogP contribution in [-0.2, 0) is 14.8 Å². The molecule has 1 fully saturated rings. The molecule has 1 aliphatic heterocycles. The summed E-state index contributed by atoms with van der Waals surface area (Å²) in [7, 11) is -2.18. The van der Waals surface area contributed by atoms with E-state index in [-0.39, 0.29) is 16.7 Å². The first-order valence-corrected chi connectivity index (χ1v) is 12.8. The van der Waals surface area contributed by atoms with Crippen LogP contribution in [0, 0.1) is 12.8 Å². The molecule has 0 spiro atoms. The summed E-state index contributed by atoms with van der Waals surface area (Å²) < 4.78 is 27.0. The van der Waals surface area contributed by atoms with Gasteiger partial charge in [0.15, 0.2) is 0 Å². The molecule has 1 heterocycles. The number of amides is 2. The number of sulfonamides is 1. The fraction of sp³-hybridized carbons (Fsp3) is 0.440. The van der Waals surface area contributed by atoms with Gasteiger partial charge in [0.1, 0.15) is 0 Å². The lowest BCUT2D eigenvalue weighted by Crippen LogP contribution is -2.50. The first-order chi connectivity index (χ1) is 15.6. The molecule has 0 aliphatic carbocycles. The fourth-order valence-corrected chi connectivity index (χ4v) is 4.93. The lowest BCUT2D eigenvalue weighted by atomic mass is 10.1.